The summed E-state index contributed by atoms with van der Waals surface area (Å²) in [6.07, 6.45) is 53.4. The van der Waals surface area contributed by atoms with Gasteiger partial charge in [-0.3, -0.25) is 4.79 Å². The summed E-state index contributed by atoms with van der Waals surface area (Å²) in [4.78, 5) is 12.3. The largest absolute Gasteiger partial charge is 0.394 e. The van der Waals surface area contributed by atoms with E-state index in [0.29, 0.717) is 6.42 Å². The Balaban J connectivity index is 3.40. The number of aliphatic hydroxyl groups excluding tert-OH is 2. The maximum absolute atomic E-state index is 12.3. The van der Waals surface area contributed by atoms with Crippen molar-refractivity contribution in [2.75, 3.05) is 6.61 Å². The molecule has 0 aliphatic carbocycles. The van der Waals surface area contributed by atoms with E-state index in [2.05, 4.69) is 19.2 Å². The summed E-state index contributed by atoms with van der Waals surface area (Å²) in [6.45, 7) is 4.31. The molecule has 0 spiro atoms. The highest BCUT2D eigenvalue weighted by atomic mass is 16.3. The van der Waals surface area contributed by atoms with Crippen molar-refractivity contribution >= 4 is 5.91 Å². The number of rotatable bonds is 42. The van der Waals surface area contributed by atoms with Crippen molar-refractivity contribution in [1.82, 2.24) is 5.32 Å². The van der Waals surface area contributed by atoms with E-state index in [0.717, 1.165) is 25.7 Å². The quantitative estimate of drug-likeness (QED) is 0.0437. The van der Waals surface area contributed by atoms with Crippen LogP contribution in [0.3, 0.4) is 0 Å². The molecule has 0 fully saturated rings. The van der Waals surface area contributed by atoms with Crippen LogP contribution in [0.2, 0.25) is 0 Å². The van der Waals surface area contributed by atoms with Crippen molar-refractivity contribution in [3.63, 3.8) is 0 Å². The fourth-order valence-corrected chi connectivity index (χ4v) is 7.24. The van der Waals surface area contributed by atoms with Crippen LogP contribution in [0.15, 0.2) is 12.2 Å². The Labute approximate surface area is 314 Å². The van der Waals surface area contributed by atoms with Crippen LogP contribution in [0.25, 0.3) is 0 Å². The molecule has 1 amide bonds. The van der Waals surface area contributed by atoms with Crippen LogP contribution in [0.1, 0.15) is 258 Å². The van der Waals surface area contributed by atoms with E-state index >= 15 is 0 Å². The van der Waals surface area contributed by atoms with Crippen LogP contribution >= 0.6 is 0 Å². The molecule has 0 radical (unpaired) electrons. The third-order valence-corrected chi connectivity index (χ3v) is 10.8. The molecule has 0 aliphatic heterocycles. The number of carbonyl (C=O) groups is 1. The van der Waals surface area contributed by atoms with Gasteiger partial charge < -0.3 is 15.5 Å². The van der Waals surface area contributed by atoms with Gasteiger partial charge >= 0.3 is 0 Å². The molecule has 298 valence electrons. The van der Waals surface area contributed by atoms with Gasteiger partial charge in [-0.05, 0) is 19.3 Å². The van der Waals surface area contributed by atoms with Crippen molar-refractivity contribution in [1.29, 1.82) is 0 Å². The van der Waals surface area contributed by atoms with E-state index in [4.69, 9.17) is 0 Å². The number of hydrogen-bond donors (Lipinski definition) is 3. The molecule has 50 heavy (non-hydrogen) atoms. The van der Waals surface area contributed by atoms with Gasteiger partial charge in [0.05, 0.1) is 18.8 Å². The second-order valence-corrected chi connectivity index (χ2v) is 15.8. The summed E-state index contributed by atoms with van der Waals surface area (Å²) in [6, 6.07) is -0.615. The van der Waals surface area contributed by atoms with Gasteiger partial charge in [0, 0.05) is 6.42 Å². The number of allylic oxidation sites excluding steroid dienone is 1. The minimum atomic E-state index is -0.832. The summed E-state index contributed by atoms with van der Waals surface area (Å²) >= 11 is 0. The number of unbranched alkanes of at least 4 members (excludes halogenated alkanes) is 35. The van der Waals surface area contributed by atoms with E-state index in [1.807, 2.05) is 6.08 Å². The molecule has 0 aromatic carbocycles. The van der Waals surface area contributed by atoms with Gasteiger partial charge in [-0.25, -0.2) is 0 Å². The predicted molar refractivity (Wildman–Crippen MR) is 221 cm³/mol. The molecule has 4 heteroatoms. The monoisotopic (exact) mass is 706 g/mol. The van der Waals surface area contributed by atoms with Crippen molar-refractivity contribution in [3.05, 3.63) is 12.2 Å². The Morgan fingerprint density at radius 3 is 1.04 bits per heavy atom. The van der Waals surface area contributed by atoms with Crippen LogP contribution in [0.5, 0.6) is 0 Å². The van der Waals surface area contributed by atoms with Gasteiger partial charge in [0.1, 0.15) is 0 Å². The number of carbonyl (C=O) groups excluding carboxylic acids is 1. The fraction of sp³-hybridized carbons (Fsp3) is 0.935. The van der Waals surface area contributed by atoms with Gasteiger partial charge in [-0.2, -0.15) is 0 Å². The number of hydrogen-bond acceptors (Lipinski definition) is 3. The standard InChI is InChI=1S/C46H91NO3/c1-3-5-7-9-11-13-15-16-17-18-19-20-21-22-23-24-25-26-27-28-29-30-31-32-34-36-38-40-42-46(50)47-44(43-48)45(49)41-39-37-35-33-14-12-10-8-6-4-2/h39,41,44-45,48-49H,3-38,40,42-43H2,1-2H3,(H,47,50)/b41-39+. The zero-order valence-corrected chi connectivity index (χ0v) is 34.2. The minimum absolute atomic E-state index is 0.0608. The highest BCUT2D eigenvalue weighted by Gasteiger charge is 2.17. The Bertz CT molecular complexity index is 680. The average Bonchev–Trinajstić information content (AvgIpc) is 3.12. The van der Waals surface area contributed by atoms with E-state index in [-0.39, 0.29) is 12.5 Å². The predicted octanol–water partition coefficient (Wildman–Crippen LogP) is 14.2. The van der Waals surface area contributed by atoms with E-state index < -0.39 is 12.1 Å². The fourth-order valence-electron chi connectivity index (χ4n) is 7.24. The van der Waals surface area contributed by atoms with E-state index in [9.17, 15) is 15.0 Å². The Morgan fingerprint density at radius 1 is 0.460 bits per heavy atom. The first-order chi connectivity index (χ1) is 24.7. The van der Waals surface area contributed by atoms with E-state index in [1.165, 1.54) is 212 Å². The zero-order chi connectivity index (χ0) is 36.4. The molecule has 0 saturated carbocycles. The lowest BCUT2D eigenvalue weighted by molar-refractivity contribution is -0.123. The van der Waals surface area contributed by atoms with Crippen LogP contribution in [-0.2, 0) is 4.79 Å². The second kappa shape index (κ2) is 42.5. The second-order valence-electron chi connectivity index (χ2n) is 15.8. The third kappa shape index (κ3) is 38.4. The Hall–Kier alpha value is -0.870. The van der Waals surface area contributed by atoms with Crippen LogP contribution < -0.4 is 5.32 Å². The minimum Gasteiger partial charge on any atom is -0.394 e. The molecule has 0 aliphatic rings. The Morgan fingerprint density at radius 2 is 0.740 bits per heavy atom. The highest BCUT2D eigenvalue weighted by Crippen LogP contribution is 2.17. The van der Waals surface area contributed by atoms with E-state index in [1.54, 1.807) is 6.08 Å². The normalized spacial score (nSPS) is 13.0. The van der Waals surface area contributed by atoms with Crippen LogP contribution in [0, 0.1) is 0 Å². The molecule has 2 atom stereocenters. The molecular formula is C46H91NO3. The van der Waals surface area contributed by atoms with Gasteiger partial charge in [0.25, 0.3) is 0 Å². The molecule has 0 rings (SSSR count). The smallest absolute Gasteiger partial charge is 0.220 e. The summed E-state index contributed by atoms with van der Waals surface area (Å²) in [5.74, 6) is -0.0608. The summed E-state index contributed by atoms with van der Waals surface area (Å²) in [5, 5.41) is 22.9. The molecule has 0 heterocycles. The first-order valence-electron chi connectivity index (χ1n) is 22.9. The molecule has 2 unspecified atom stereocenters. The maximum atomic E-state index is 12.3. The number of nitrogens with one attached hydrogen (secondary N) is 1. The van der Waals surface area contributed by atoms with Gasteiger partial charge in [0.15, 0.2) is 0 Å². The summed E-state index contributed by atoms with van der Waals surface area (Å²) in [5.41, 5.74) is 0. The molecule has 0 saturated heterocycles. The lowest BCUT2D eigenvalue weighted by atomic mass is 10.0. The lowest BCUT2D eigenvalue weighted by Crippen LogP contribution is -2.45. The number of amides is 1. The van der Waals surface area contributed by atoms with Crippen molar-refractivity contribution in [2.45, 2.75) is 270 Å². The van der Waals surface area contributed by atoms with Gasteiger partial charge in [-0.15, -0.1) is 0 Å². The topological polar surface area (TPSA) is 69.6 Å². The van der Waals surface area contributed by atoms with Gasteiger partial charge in [0.2, 0.25) is 5.91 Å². The van der Waals surface area contributed by atoms with Crippen molar-refractivity contribution < 1.29 is 15.0 Å². The van der Waals surface area contributed by atoms with Crippen LogP contribution in [0.4, 0.5) is 0 Å². The maximum Gasteiger partial charge on any atom is 0.220 e. The lowest BCUT2D eigenvalue weighted by Gasteiger charge is -2.20. The average molecular weight is 706 g/mol. The third-order valence-electron chi connectivity index (χ3n) is 10.8. The van der Waals surface area contributed by atoms with Crippen molar-refractivity contribution in [3.8, 4) is 0 Å². The first kappa shape index (κ1) is 49.1. The molecule has 0 bridgehead atoms. The van der Waals surface area contributed by atoms with Crippen molar-refractivity contribution in [2.24, 2.45) is 0 Å². The zero-order valence-electron chi connectivity index (χ0n) is 34.2. The van der Waals surface area contributed by atoms with Gasteiger partial charge in [-0.1, -0.05) is 244 Å². The molecular weight excluding hydrogens is 615 g/mol. The highest BCUT2D eigenvalue weighted by molar-refractivity contribution is 5.76. The molecule has 4 nitrogen and oxygen atoms in total. The molecule has 0 aromatic heterocycles. The van der Waals surface area contributed by atoms with Crippen LogP contribution in [-0.4, -0.2) is 34.9 Å². The SMILES string of the molecule is CCCCCCCCCC/C=C/C(O)C(CO)NC(=O)CCCCCCCCCCCCCCCCCCCCCCCCCCCCCC. The molecule has 3 N–H and O–H groups in total. The first-order valence-corrected chi connectivity index (χ1v) is 22.9. The summed E-state index contributed by atoms with van der Waals surface area (Å²) < 4.78 is 0. The Kier molecular flexibility index (Phi) is 41.8. The summed E-state index contributed by atoms with van der Waals surface area (Å²) in [7, 11) is 0. The molecule has 0 aromatic rings. The number of aliphatic hydroxyl groups is 2.